The Kier molecular flexibility index (Phi) is 3.55. The van der Waals surface area contributed by atoms with Crippen LogP contribution in [0.2, 0.25) is 0 Å². The second kappa shape index (κ2) is 5.14. The van der Waals surface area contributed by atoms with E-state index in [4.69, 9.17) is 14.3 Å². The molecule has 2 rings (SSSR count). The SMILES string of the molecule is CC(C)COc1ccc2cc(C(=O)O)c(=O)oc2c1. The molecule has 1 N–H and O–H groups in total. The largest absolute Gasteiger partial charge is 0.493 e. The average Bonchev–Trinajstić information content (AvgIpc) is 2.34. The van der Waals surface area contributed by atoms with Crippen LogP contribution in [0.3, 0.4) is 0 Å². The van der Waals surface area contributed by atoms with Crippen molar-refractivity contribution in [1.82, 2.24) is 0 Å². The molecule has 0 atom stereocenters. The molecule has 100 valence electrons. The lowest BCUT2D eigenvalue weighted by Crippen LogP contribution is -2.12. The molecule has 0 aliphatic heterocycles. The van der Waals surface area contributed by atoms with Gasteiger partial charge in [0, 0.05) is 11.5 Å². The Morgan fingerprint density at radius 3 is 2.74 bits per heavy atom. The fraction of sp³-hybridized carbons (Fsp3) is 0.286. The minimum atomic E-state index is -1.30. The monoisotopic (exact) mass is 262 g/mol. The number of rotatable bonds is 4. The second-order valence-electron chi connectivity index (χ2n) is 4.66. The van der Waals surface area contributed by atoms with E-state index in [1.807, 2.05) is 13.8 Å². The van der Waals surface area contributed by atoms with Crippen LogP contribution in [0.1, 0.15) is 24.2 Å². The third-order valence-corrected chi connectivity index (χ3v) is 2.52. The highest BCUT2D eigenvalue weighted by Gasteiger charge is 2.12. The summed E-state index contributed by atoms with van der Waals surface area (Å²) in [5, 5.41) is 9.39. The van der Waals surface area contributed by atoms with Gasteiger partial charge in [0.25, 0.3) is 0 Å². The number of benzene rings is 1. The van der Waals surface area contributed by atoms with Crippen molar-refractivity contribution >= 4 is 16.9 Å². The maximum Gasteiger partial charge on any atom is 0.351 e. The van der Waals surface area contributed by atoms with Crippen LogP contribution < -0.4 is 10.4 Å². The van der Waals surface area contributed by atoms with Gasteiger partial charge >= 0.3 is 11.6 Å². The highest BCUT2D eigenvalue weighted by molar-refractivity contribution is 5.91. The Morgan fingerprint density at radius 1 is 1.37 bits per heavy atom. The molecule has 1 aromatic carbocycles. The van der Waals surface area contributed by atoms with Crippen LogP contribution in [0.4, 0.5) is 0 Å². The predicted octanol–water partition coefficient (Wildman–Crippen LogP) is 2.53. The van der Waals surface area contributed by atoms with Gasteiger partial charge in [-0.15, -0.1) is 0 Å². The molecule has 1 heterocycles. The smallest absolute Gasteiger partial charge is 0.351 e. The number of hydrogen-bond donors (Lipinski definition) is 1. The fourth-order valence-electron chi connectivity index (χ4n) is 1.59. The summed E-state index contributed by atoms with van der Waals surface area (Å²) in [6.45, 7) is 4.61. The van der Waals surface area contributed by atoms with E-state index in [9.17, 15) is 9.59 Å². The van der Waals surface area contributed by atoms with E-state index in [1.54, 1.807) is 18.2 Å². The summed E-state index contributed by atoms with van der Waals surface area (Å²) in [5.41, 5.74) is -0.916. The Bertz CT molecular complexity index is 669. The maximum absolute atomic E-state index is 11.5. The second-order valence-corrected chi connectivity index (χ2v) is 4.66. The number of carboxylic acids is 1. The first kappa shape index (κ1) is 13.1. The molecule has 0 saturated heterocycles. The molecule has 0 bridgehead atoms. The number of ether oxygens (including phenoxy) is 1. The summed E-state index contributed by atoms with van der Waals surface area (Å²) < 4.78 is 10.5. The van der Waals surface area contributed by atoms with Crippen LogP contribution in [0.15, 0.2) is 33.5 Å². The first-order chi connectivity index (χ1) is 8.97. The minimum Gasteiger partial charge on any atom is -0.493 e. The van der Waals surface area contributed by atoms with Crippen LogP contribution in [0.5, 0.6) is 5.75 Å². The zero-order valence-electron chi connectivity index (χ0n) is 10.7. The molecule has 5 nitrogen and oxygen atoms in total. The van der Waals surface area contributed by atoms with Gasteiger partial charge in [0.1, 0.15) is 16.9 Å². The van der Waals surface area contributed by atoms with E-state index >= 15 is 0 Å². The summed E-state index contributed by atoms with van der Waals surface area (Å²) in [6.07, 6.45) is 0. The standard InChI is InChI=1S/C14H14O5/c1-8(2)7-18-10-4-3-9-5-11(13(15)16)14(17)19-12(9)6-10/h3-6,8H,7H2,1-2H3,(H,15,16). The first-order valence-electron chi connectivity index (χ1n) is 5.91. The first-order valence-corrected chi connectivity index (χ1v) is 5.91. The van der Waals surface area contributed by atoms with Crippen molar-refractivity contribution in [3.8, 4) is 5.75 Å². The summed E-state index contributed by atoms with van der Waals surface area (Å²) in [7, 11) is 0. The zero-order chi connectivity index (χ0) is 14.0. The van der Waals surface area contributed by atoms with Gasteiger partial charge in [-0.2, -0.15) is 0 Å². The van der Waals surface area contributed by atoms with Gasteiger partial charge in [0.2, 0.25) is 0 Å². The number of carbonyl (C=O) groups is 1. The van der Waals surface area contributed by atoms with E-state index in [0.29, 0.717) is 29.2 Å². The fourth-order valence-corrected chi connectivity index (χ4v) is 1.59. The maximum atomic E-state index is 11.5. The molecule has 0 saturated carbocycles. The van der Waals surface area contributed by atoms with Crippen molar-refractivity contribution in [1.29, 1.82) is 0 Å². The summed E-state index contributed by atoms with van der Waals surface area (Å²) in [5.74, 6) is -0.319. The zero-order valence-corrected chi connectivity index (χ0v) is 10.7. The van der Waals surface area contributed by atoms with E-state index in [1.165, 1.54) is 6.07 Å². The lowest BCUT2D eigenvalue weighted by atomic mass is 10.2. The van der Waals surface area contributed by atoms with Gasteiger partial charge < -0.3 is 14.3 Å². The van der Waals surface area contributed by atoms with Crippen molar-refractivity contribution in [3.63, 3.8) is 0 Å². The van der Waals surface area contributed by atoms with Gasteiger partial charge in [0.15, 0.2) is 0 Å². The molecule has 0 amide bonds. The Labute approximate surface area is 109 Å². The Hall–Kier alpha value is -2.30. The summed E-state index contributed by atoms with van der Waals surface area (Å²) in [6, 6.07) is 6.27. The summed E-state index contributed by atoms with van der Waals surface area (Å²) >= 11 is 0. The third-order valence-electron chi connectivity index (χ3n) is 2.52. The normalized spacial score (nSPS) is 10.9. The molecule has 2 aromatic rings. The van der Waals surface area contributed by atoms with Crippen LogP contribution >= 0.6 is 0 Å². The molecule has 0 spiro atoms. The van der Waals surface area contributed by atoms with Crippen molar-refractivity contribution in [2.75, 3.05) is 6.61 Å². The van der Waals surface area contributed by atoms with E-state index in [2.05, 4.69) is 0 Å². The topological polar surface area (TPSA) is 76.7 Å². The van der Waals surface area contributed by atoms with Gasteiger partial charge in [0.05, 0.1) is 6.61 Å². The molecular formula is C14H14O5. The van der Waals surface area contributed by atoms with Crippen molar-refractivity contribution in [3.05, 3.63) is 40.2 Å². The Morgan fingerprint density at radius 2 is 2.11 bits per heavy atom. The molecule has 0 unspecified atom stereocenters. The highest BCUT2D eigenvalue weighted by Crippen LogP contribution is 2.21. The molecule has 0 aliphatic carbocycles. The van der Waals surface area contributed by atoms with E-state index < -0.39 is 11.6 Å². The number of fused-ring (bicyclic) bond motifs is 1. The Balaban J connectivity index is 2.41. The van der Waals surface area contributed by atoms with Crippen LogP contribution in [0.25, 0.3) is 11.0 Å². The lowest BCUT2D eigenvalue weighted by molar-refractivity contribution is 0.0692. The van der Waals surface area contributed by atoms with E-state index in [-0.39, 0.29) is 5.56 Å². The van der Waals surface area contributed by atoms with Crippen molar-refractivity contribution in [2.45, 2.75) is 13.8 Å². The third kappa shape index (κ3) is 2.93. The number of carboxylic acid groups (broad SMARTS) is 1. The van der Waals surface area contributed by atoms with Crippen molar-refractivity contribution in [2.24, 2.45) is 5.92 Å². The van der Waals surface area contributed by atoms with Gasteiger partial charge in [-0.25, -0.2) is 9.59 Å². The van der Waals surface area contributed by atoms with Gasteiger partial charge in [-0.3, -0.25) is 0 Å². The van der Waals surface area contributed by atoms with E-state index in [0.717, 1.165) is 0 Å². The molecule has 19 heavy (non-hydrogen) atoms. The molecular weight excluding hydrogens is 248 g/mol. The molecule has 0 aliphatic rings. The average molecular weight is 262 g/mol. The van der Waals surface area contributed by atoms with Gasteiger partial charge in [-0.05, 0) is 24.1 Å². The quantitative estimate of drug-likeness (QED) is 0.857. The number of aromatic carboxylic acids is 1. The highest BCUT2D eigenvalue weighted by atomic mass is 16.5. The number of hydrogen-bond acceptors (Lipinski definition) is 4. The predicted molar refractivity (Wildman–Crippen MR) is 69.8 cm³/mol. The molecule has 5 heteroatoms. The van der Waals surface area contributed by atoms with Crippen molar-refractivity contribution < 1.29 is 19.1 Å². The molecule has 0 fully saturated rings. The van der Waals surface area contributed by atoms with Crippen LogP contribution in [0, 0.1) is 5.92 Å². The molecule has 1 aromatic heterocycles. The summed E-state index contributed by atoms with van der Waals surface area (Å²) in [4.78, 5) is 22.3. The van der Waals surface area contributed by atoms with Crippen LogP contribution in [-0.4, -0.2) is 17.7 Å². The minimum absolute atomic E-state index is 0.316. The lowest BCUT2D eigenvalue weighted by Gasteiger charge is -2.08. The van der Waals surface area contributed by atoms with Crippen LogP contribution in [-0.2, 0) is 0 Å². The van der Waals surface area contributed by atoms with Gasteiger partial charge in [-0.1, -0.05) is 13.8 Å². The molecule has 0 radical (unpaired) electrons.